The molecule has 4 rings (SSSR count). The summed E-state index contributed by atoms with van der Waals surface area (Å²) < 4.78 is 34.7. The number of benzene rings is 3. The topological polar surface area (TPSA) is 67.4 Å². The molecular weight excluding hydrogens is 518 g/mol. The van der Waals surface area contributed by atoms with Gasteiger partial charge in [-0.3, -0.25) is 0 Å². The summed E-state index contributed by atoms with van der Waals surface area (Å²) >= 11 is 0. The molecule has 1 aliphatic rings. The van der Waals surface area contributed by atoms with Crippen molar-refractivity contribution in [3.8, 4) is 17.2 Å². The van der Waals surface area contributed by atoms with Gasteiger partial charge >= 0.3 is 0 Å². The van der Waals surface area contributed by atoms with Crippen LogP contribution in [0.15, 0.2) is 66.7 Å². The lowest BCUT2D eigenvalue weighted by Gasteiger charge is -2.32. The monoisotopic (exact) mass is 563 g/mol. The van der Waals surface area contributed by atoms with Crippen molar-refractivity contribution in [2.24, 2.45) is 0 Å². The maximum Gasteiger partial charge on any atom is 0.124 e. The maximum absolute atomic E-state index is 6.46. The van der Waals surface area contributed by atoms with Gasteiger partial charge in [-0.2, -0.15) is 0 Å². The number of ether oxygens (including phenoxy) is 6. The normalized spacial score (nSPS) is 16.9. The van der Waals surface area contributed by atoms with Crippen LogP contribution in [0, 0.1) is 6.92 Å². The Kier molecular flexibility index (Phi) is 12.8. The molecule has 1 heterocycles. The van der Waals surface area contributed by atoms with Crippen LogP contribution in [0.1, 0.15) is 47.4 Å². The number of methoxy groups -OCH3 is 2. The second-order valence-electron chi connectivity index (χ2n) is 10.4. The lowest BCUT2D eigenvalue weighted by Crippen LogP contribution is -2.40. The van der Waals surface area contributed by atoms with E-state index >= 15 is 0 Å². The average molecular weight is 564 g/mol. The van der Waals surface area contributed by atoms with Crippen LogP contribution in [0.3, 0.4) is 0 Å². The molecule has 222 valence electrons. The first-order valence-electron chi connectivity index (χ1n) is 14.6. The largest absolute Gasteiger partial charge is 0.496 e. The fourth-order valence-electron chi connectivity index (χ4n) is 5.03. The molecule has 3 aromatic rings. The highest BCUT2D eigenvalue weighted by molar-refractivity contribution is 5.36. The summed E-state index contributed by atoms with van der Waals surface area (Å²) in [6.07, 6.45) is 2.83. The number of hydrogen-bond donors (Lipinski definition) is 1. The van der Waals surface area contributed by atoms with Gasteiger partial charge in [-0.15, -0.1) is 0 Å². The van der Waals surface area contributed by atoms with E-state index in [-0.39, 0.29) is 6.10 Å². The smallest absolute Gasteiger partial charge is 0.124 e. The molecule has 0 saturated carbocycles. The lowest BCUT2D eigenvalue weighted by atomic mass is 9.87. The van der Waals surface area contributed by atoms with Crippen LogP contribution in [-0.2, 0) is 27.4 Å². The number of aryl methyl sites for hydroxylation is 1. The predicted molar refractivity (Wildman–Crippen MR) is 161 cm³/mol. The highest BCUT2D eigenvalue weighted by Crippen LogP contribution is 2.30. The molecule has 7 heteroatoms. The van der Waals surface area contributed by atoms with Gasteiger partial charge in [0.2, 0.25) is 0 Å². The number of piperidine rings is 1. The number of hydrogen-bond acceptors (Lipinski definition) is 7. The quantitative estimate of drug-likeness (QED) is 0.200. The minimum Gasteiger partial charge on any atom is -0.496 e. The molecule has 1 fully saturated rings. The summed E-state index contributed by atoms with van der Waals surface area (Å²) in [7, 11) is 3.39. The van der Waals surface area contributed by atoms with Crippen LogP contribution in [0.4, 0.5) is 0 Å². The molecule has 7 nitrogen and oxygen atoms in total. The van der Waals surface area contributed by atoms with Crippen LogP contribution >= 0.6 is 0 Å². The summed E-state index contributed by atoms with van der Waals surface area (Å²) in [5.41, 5.74) is 4.59. The van der Waals surface area contributed by atoms with E-state index in [4.69, 9.17) is 28.4 Å². The van der Waals surface area contributed by atoms with Crippen LogP contribution in [-0.4, -0.2) is 59.8 Å². The first-order valence-corrected chi connectivity index (χ1v) is 14.6. The third-order valence-corrected chi connectivity index (χ3v) is 7.35. The highest BCUT2D eigenvalue weighted by Gasteiger charge is 2.27. The molecule has 0 spiro atoms. The molecule has 0 aliphatic carbocycles. The first kappa shape index (κ1) is 30.8. The zero-order valence-corrected chi connectivity index (χ0v) is 24.7. The van der Waals surface area contributed by atoms with Gasteiger partial charge < -0.3 is 33.7 Å². The van der Waals surface area contributed by atoms with E-state index in [1.54, 1.807) is 14.2 Å². The highest BCUT2D eigenvalue weighted by atomic mass is 16.5. The van der Waals surface area contributed by atoms with Gasteiger partial charge in [0.1, 0.15) is 17.2 Å². The van der Waals surface area contributed by atoms with Crippen molar-refractivity contribution in [2.45, 2.75) is 51.4 Å². The molecule has 2 unspecified atom stereocenters. The zero-order chi connectivity index (χ0) is 28.7. The average Bonchev–Trinajstić information content (AvgIpc) is 3.02. The summed E-state index contributed by atoms with van der Waals surface area (Å²) in [5, 5.41) is 3.50. The van der Waals surface area contributed by atoms with Crippen molar-refractivity contribution < 1.29 is 28.4 Å². The lowest BCUT2D eigenvalue weighted by molar-refractivity contribution is 0.0105. The molecule has 3 aromatic carbocycles. The number of rotatable bonds is 17. The summed E-state index contributed by atoms with van der Waals surface area (Å²) in [5.74, 6) is 2.99. The zero-order valence-electron chi connectivity index (χ0n) is 24.7. The molecular formula is C34H45NO6. The fourth-order valence-corrected chi connectivity index (χ4v) is 5.03. The Morgan fingerprint density at radius 2 is 1.61 bits per heavy atom. The molecule has 0 bridgehead atoms. The molecule has 1 N–H and O–H groups in total. The van der Waals surface area contributed by atoms with Gasteiger partial charge in [-0.05, 0) is 60.8 Å². The van der Waals surface area contributed by atoms with E-state index in [2.05, 4.69) is 54.7 Å². The van der Waals surface area contributed by atoms with Crippen LogP contribution < -0.4 is 19.5 Å². The van der Waals surface area contributed by atoms with Crippen LogP contribution in [0.5, 0.6) is 17.2 Å². The Hall–Kier alpha value is -3.10. The standard InChI is InChI=1S/C34H45NO6/c1-26-10-11-27(22-33(26)40-21-6-18-36-2)24-41-34-23-35-17-16-31(34)28-12-14-30(15-13-28)39-20-7-19-38-25-29-8-4-5-9-32(29)37-3/h4-5,8-15,22,31,34-35H,6-7,16-21,23-25H2,1-3H3. The second-order valence-corrected chi connectivity index (χ2v) is 10.4. The Morgan fingerprint density at radius 3 is 2.44 bits per heavy atom. The third-order valence-electron chi connectivity index (χ3n) is 7.35. The minimum atomic E-state index is 0.100. The van der Waals surface area contributed by atoms with Crippen molar-refractivity contribution in [1.82, 2.24) is 5.32 Å². The van der Waals surface area contributed by atoms with Gasteiger partial charge in [-0.25, -0.2) is 0 Å². The Bertz CT molecular complexity index is 1170. The van der Waals surface area contributed by atoms with Crippen molar-refractivity contribution >= 4 is 0 Å². The Labute approximate surface area is 245 Å². The summed E-state index contributed by atoms with van der Waals surface area (Å²) in [6, 6.07) is 22.7. The van der Waals surface area contributed by atoms with Gasteiger partial charge in [0.25, 0.3) is 0 Å². The first-order chi connectivity index (χ1) is 20.2. The van der Waals surface area contributed by atoms with E-state index in [1.807, 2.05) is 24.3 Å². The van der Waals surface area contributed by atoms with Crippen LogP contribution in [0.2, 0.25) is 0 Å². The molecule has 2 atom stereocenters. The van der Waals surface area contributed by atoms with E-state index in [1.165, 1.54) is 5.56 Å². The molecule has 0 amide bonds. The van der Waals surface area contributed by atoms with Crippen molar-refractivity contribution in [2.75, 3.05) is 53.7 Å². The molecule has 1 aliphatic heterocycles. The van der Waals surface area contributed by atoms with Gasteiger partial charge in [0, 0.05) is 44.6 Å². The minimum absolute atomic E-state index is 0.100. The second kappa shape index (κ2) is 17.0. The van der Waals surface area contributed by atoms with Crippen molar-refractivity contribution in [1.29, 1.82) is 0 Å². The summed E-state index contributed by atoms with van der Waals surface area (Å²) in [4.78, 5) is 0. The van der Waals surface area contributed by atoms with Crippen LogP contribution in [0.25, 0.3) is 0 Å². The van der Waals surface area contributed by atoms with E-state index in [9.17, 15) is 0 Å². The maximum atomic E-state index is 6.46. The Morgan fingerprint density at radius 1 is 0.805 bits per heavy atom. The molecule has 0 aromatic heterocycles. The SMILES string of the molecule is COCCCOc1cc(COC2CNCCC2c2ccc(OCCCOCc3ccccc3OC)cc2)ccc1C. The van der Waals surface area contributed by atoms with E-state index in [0.29, 0.717) is 45.6 Å². The predicted octanol–water partition coefficient (Wildman–Crippen LogP) is 6.07. The van der Waals surface area contributed by atoms with E-state index < -0.39 is 0 Å². The van der Waals surface area contributed by atoms with Gasteiger partial charge in [0.15, 0.2) is 0 Å². The van der Waals surface area contributed by atoms with Gasteiger partial charge in [0.05, 0.1) is 46.2 Å². The third kappa shape index (κ3) is 9.75. The summed E-state index contributed by atoms with van der Waals surface area (Å²) in [6.45, 7) is 7.57. The number of para-hydroxylation sites is 1. The number of nitrogens with one attached hydrogen (secondary N) is 1. The van der Waals surface area contributed by atoms with Crippen molar-refractivity contribution in [3.63, 3.8) is 0 Å². The van der Waals surface area contributed by atoms with Crippen molar-refractivity contribution in [3.05, 3.63) is 89.0 Å². The molecule has 0 radical (unpaired) electrons. The molecule has 41 heavy (non-hydrogen) atoms. The Balaban J connectivity index is 1.21. The molecule has 1 saturated heterocycles. The van der Waals surface area contributed by atoms with E-state index in [0.717, 1.165) is 66.3 Å². The fraction of sp³-hybridized carbons (Fsp3) is 0.471. The van der Waals surface area contributed by atoms with Gasteiger partial charge in [-0.1, -0.05) is 42.5 Å².